The van der Waals surface area contributed by atoms with E-state index in [-0.39, 0.29) is 92.4 Å². The zero-order valence-corrected chi connectivity index (χ0v) is 45.1. The van der Waals surface area contributed by atoms with Crippen LogP contribution in [0, 0.1) is 52.8 Å². The third-order valence-corrected chi connectivity index (χ3v) is 17.2. The second-order valence-electron chi connectivity index (χ2n) is 22.9. The molecule has 0 saturated carbocycles. The fraction of sp³-hybridized carbons (Fsp3) is 0.410. The number of piperazine rings is 1. The number of amides is 2. The zero-order valence-electron chi connectivity index (χ0n) is 45.1. The molecule has 420 valence electrons. The van der Waals surface area contributed by atoms with E-state index >= 15 is 8.78 Å². The number of pyridine rings is 1. The van der Waals surface area contributed by atoms with Crippen LogP contribution in [0.15, 0.2) is 77.4 Å². The van der Waals surface area contributed by atoms with E-state index in [1.165, 1.54) is 42.6 Å². The van der Waals surface area contributed by atoms with Crippen LogP contribution in [0.25, 0.3) is 44.1 Å². The zero-order chi connectivity index (χ0) is 56.4. The summed E-state index contributed by atoms with van der Waals surface area (Å²) in [7, 11) is 0. The summed E-state index contributed by atoms with van der Waals surface area (Å²) in [6.07, 6.45) is 12.3. The Morgan fingerprint density at radius 3 is 2.33 bits per heavy atom. The molecule has 5 aliphatic heterocycles. The maximum atomic E-state index is 17.1. The minimum Gasteiger partial charge on any atom is -0.508 e. The molecule has 5 atom stereocenters. The van der Waals surface area contributed by atoms with Crippen LogP contribution in [0.2, 0.25) is 0 Å². The summed E-state index contributed by atoms with van der Waals surface area (Å²) in [5.74, 6) is -1.96. The fourth-order valence-electron chi connectivity index (χ4n) is 12.9. The number of hydrogen-bond acceptors (Lipinski definition) is 13. The van der Waals surface area contributed by atoms with Gasteiger partial charge in [0.2, 0.25) is 11.8 Å². The van der Waals surface area contributed by atoms with Crippen molar-refractivity contribution in [2.24, 2.45) is 11.3 Å². The number of aromatic nitrogens is 4. The van der Waals surface area contributed by atoms with Crippen LogP contribution in [-0.4, -0.2) is 124 Å². The van der Waals surface area contributed by atoms with Crippen LogP contribution in [0.3, 0.4) is 0 Å². The summed E-state index contributed by atoms with van der Waals surface area (Å²) in [6, 6.07) is 14.3. The highest BCUT2D eigenvalue weighted by atomic mass is 19.2. The minimum atomic E-state index is -1.01. The molecule has 2 amide bonds. The van der Waals surface area contributed by atoms with Gasteiger partial charge in [-0.05, 0) is 99.2 Å². The van der Waals surface area contributed by atoms with E-state index in [2.05, 4.69) is 46.4 Å². The first-order valence-electron chi connectivity index (χ1n) is 27.8. The molecule has 7 aromatic rings. The number of aromatic hydroxyl groups is 1. The Balaban J connectivity index is 0.669. The number of carbonyl (C=O) groups excluding carboxylic acids is 2. The number of phenols is 1. The second-order valence-corrected chi connectivity index (χ2v) is 22.9. The standard InChI is InChI=1S/C61H61F5N10O5/c1-5-42-45(63)15-12-37-23-41(77)26-43(52(37)42)55-54(66)56-44(28-67-55)57(74-29-39-13-14-40(30-74)69-39)71-60(70-56)80-22-21-73-19-16-61(17-20-73)31-75(32-61)50-27-49(81-72-50)51(33(2)3)59(79)76-18-6-7-48(76)58(78)68-34(4)35-8-10-36(11-9-35)53-46(64)24-38(62)25-47(53)65/h1,8-12,15,23-28,33-34,39-40,48,51,69,77H,6-7,13-14,16-22,29-32H2,2-4H3,(H,68,78)/t34-,39?,40?,48-,51+/m0/s1. The number of rotatable bonds is 14. The van der Waals surface area contributed by atoms with Gasteiger partial charge in [0.1, 0.15) is 64.6 Å². The van der Waals surface area contributed by atoms with Crippen LogP contribution in [0.1, 0.15) is 88.1 Å². The van der Waals surface area contributed by atoms with Crippen molar-refractivity contribution in [3.05, 3.63) is 119 Å². The number of piperidine rings is 1. The van der Waals surface area contributed by atoms with Gasteiger partial charge in [-0.3, -0.25) is 19.5 Å². The van der Waals surface area contributed by atoms with Gasteiger partial charge in [-0.2, -0.15) is 9.97 Å². The lowest BCUT2D eigenvalue weighted by Gasteiger charge is -2.54. The number of halogens is 5. The van der Waals surface area contributed by atoms with Crippen molar-refractivity contribution in [3.63, 3.8) is 0 Å². The predicted octanol–water partition coefficient (Wildman–Crippen LogP) is 9.41. The van der Waals surface area contributed by atoms with Gasteiger partial charge in [0, 0.05) is 92.1 Å². The molecule has 3 aromatic heterocycles. The molecule has 4 aromatic carbocycles. The third-order valence-electron chi connectivity index (χ3n) is 17.2. The highest BCUT2D eigenvalue weighted by Gasteiger charge is 2.47. The molecule has 2 unspecified atom stereocenters. The Kier molecular flexibility index (Phi) is 14.3. The summed E-state index contributed by atoms with van der Waals surface area (Å²) in [5, 5.41) is 22.9. The van der Waals surface area contributed by atoms with Gasteiger partial charge in [0.05, 0.1) is 22.6 Å². The number of nitrogens with zero attached hydrogens (tertiary/aromatic N) is 8. The van der Waals surface area contributed by atoms with Gasteiger partial charge in [0.25, 0.3) is 0 Å². The summed E-state index contributed by atoms with van der Waals surface area (Å²) in [4.78, 5) is 50.5. The first-order chi connectivity index (χ1) is 39.0. The SMILES string of the molecule is C#Cc1c(F)ccc2cc(O)cc(-c3ncc4c(N5CC6CCC(C5)N6)nc(OCCN5CCC6(CC5)CN(c5cc([C@H](C(=O)N7CCC[C@H]7C(=O)N[C@@H](C)c7ccc(-c8c(F)cc(F)cc8F)cc7)C(C)C)on5)C6)nc4c3F)c12. The fourth-order valence-corrected chi connectivity index (χ4v) is 12.9. The molecule has 5 saturated heterocycles. The molecule has 2 bridgehead atoms. The smallest absolute Gasteiger partial charge is 0.319 e. The van der Waals surface area contributed by atoms with Crippen LogP contribution in [0.5, 0.6) is 11.8 Å². The number of carbonyl (C=O) groups is 2. The number of benzene rings is 4. The van der Waals surface area contributed by atoms with Crippen LogP contribution < -0.4 is 25.2 Å². The van der Waals surface area contributed by atoms with E-state index in [1.807, 2.05) is 19.9 Å². The van der Waals surface area contributed by atoms with E-state index in [4.69, 9.17) is 20.7 Å². The molecular weight excluding hydrogens is 1050 g/mol. The molecule has 1 spiro atoms. The molecule has 0 radical (unpaired) electrons. The van der Waals surface area contributed by atoms with Crippen molar-refractivity contribution in [2.45, 2.75) is 89.4 Å². The first kappa shape index (κ1) is 53.7. The van der Waals surface area contributed by atoms with Crippen molar-refractivity contribution in [2.75, 3.05) is 68.8 Å². The van der Waals surface area contributed by atoms with Crippen molar-refractivity contribution in [3.8, 4) is 46.5 Å². The Morgan fingerprint density at radius 1 is 0.901 bits per heavy atom. The van der Waals surface area contributed by atoms with Gasteiger partial charge in [-0.15, -0.1) is 6.42 Å². The molecule has 3 N–H and O–H groups in total. The van der Waals surface area contributed by atoms with Crippen molar-refractivity contribution in [1.82, 2.24) is 40.5 Å². The number of nitrogens with one attached hydrogen (secondary N) is 2. The minimum absolute atomic E-state index is 0.0125. The maximum absolute atomic E-state index is 17.1. The molecule has 8 heterocycles. The first-order valence-corrected chi connectivity index (χ1v) is 27.8. The summed E-state index contributed by atoms with van der Waals surface area (Å²) in [6.45, 7) is 11.5. The molecule has 0 aliphatic carbocycles. The highest BCUT2D eigenvalue weighted by molar-refractivity contribution is 6.03. The number of likely N-dealkylation sites (tertiary alicyclic amines) is 2. The molecular formula is C61H61F5N10O5. The van der Waals surface area contributed by atoms with E-state index in [0.717, 1.165) is 51.9 Å². The van der Waals surface area contributed by atoms with E-state index < -0.39 is 47.1 Å². The molecule has 81 heavy (non-hydrogen) atoms. The van der Waals surface area contributed by atoms with Gasteiger partial charge < -0.3 is 39.7 Å². The molecule has 20 heteroatoms. The molecule has 12 rings (SSSR count). The second kappa shape index (κ2) is 21.5. The van der Waals surface area contributed by atoms with E-state index in [1.54, 1.807) is 24.0 Å². The predicted molar refractivity (Wildman–Crippen MR) is 295 cm³/mol. The van der Waals surface area contributed by atoms with Crippen LogP contribution >= 0.6 is 0 Å². The van der Waals surface area contributed by atoms with E-state index in [9.17, 15) is 27.9 Å². The van der Waals surface area contributed by atoms with Crippen molar-refractivity contribution < 1.29 is 45.9 Å². The monoisotopic (exact) mass is 1110 g/mol. The topological polar surface area (TPSA) is 165 Å². The van der Waals surface area contributed by atoms with Crippen molar-refractivity contribution >= 4 is 45.1 Å². The number of ether oxygens (including phenoxy) is 1. The third kappa shape index (κ3) is 10.2. The largest absolute Gasteiger partial charge is 0.508 e. The summed E-state index contributed by atoms with van der Waals surface area (Å²) in [5.41, 5.74) is 0.559. The Morgan fingerprint density at radius 2 is 1.63 bits per heavy atom. The molecule has 5 aliphatic rings. The quantitative estimate of drug-likeness (QED) is 0.0698. The Hall–Kier alpha value is -7.89. The summed E-state index contributed by atoms with van der Waals surface area (Å²) < 4.78 is 86.8. The molecule has 5 fully saturated rings. The Bertz CT molecular complexity index is 3600. The number of anilines is 2. The van der Waals surface area contributed by atoms with Crippen molar-refractivity contribution in [1.29, 1.82) is 0 Å². The lowest BCUT2D eigenvalue weighted by atomic mass is 9.72. The highest BCUT2D eigenvalue weighted by Crippen LogP contribution is 2.44. The lowest BCUT2D eigenvalue weighted by Crippen LogP contribution is -2.60. The van der Waals surface area contributed by atoms with E-state index in [0.29, 0.717) is 84.9 Å². The van der Waals surface area contributed by atoms with Gasteiger partial charge in [0.15, 0.2) is 17.4 Å². The maximum Gasteiger partial charge on any atom is 0.319 e. The number of terminal acetylenes is 1. The van der Waals surface area contributed by atoms with Crippen LogP contribution in [-0.2, 0) is 9.59 Å². The number of fused-ring (bicyclic) bond motifs is 4. The number of phenolic OH excluding ortho intramolecular Hbond substituents is 1. The van der Waals surface area contributed by atoms with Gasteiger partial charge in [-0.25, -0.2) is 22.0 Å². The number of hydrogen-bond donors (Lipinski definition) is 3. The lowest BCUT2D eigenvalue weighted by molar-refractivity contribution is -0.141. The molecule has 15 nitrogen and oxygen atoms in total. The average Bonchev–Trinajstić information content (AvgIpc) is 4.36. The summed E-state index contributed by atoms with van der Waals surface area (Å²) >= 11 is 0. The van der Waals surface area contributed by atoms with Gasteiger partial charge in [-0.1, -0.05) is 55.3 Å². The van der Waals surface area contributed by atoms with Gasteiger partial charge >= 0.3 is 6.01 Å². The average molecular weight is 1110 g/mol. The normalized spacial score (nSPS) is 20.5. The Labute approximate surface area is 464 Å². The van der Waals surface area contributed by atoms with Crippen LogP contribution in [0.4, 0.5) is 33.6 Å².